The molecule has 152 valence electrons. The largest absolute Gasteiger partial charge is 0.493 e. The van der Waals surface area contributed by atoms with Gasteiger partial charge in [0.25, 0.3) is 0 Å². The molecule has 1 aliphatic rings. The smallest absolute Gasteiger partial charge is 0.422 e. The summed E-state index contributed by atoms with van der Waals surface area (Å²) in [5, 5.41) is 3.13. The van der Waals surface area contributed by atoms with Crippen molar-refractivity contribution in [1.29, 1.82) is 0 Å². The van der Waals surface area contributed by atoms with Gasteiger partial charge in [-0.25, -0.2) is 0 Å². The first-order valence-electron chi connectivity index (χ1n) is 9.35. The zero-order chi connectivity index (χ0) is 20.0. The maximum atomic E-state index is 12.3. The second-order valence-corrected chi connectivity index (χ2v) is 7.33. The Morgan fingerprint density at radius 1 is 1.22 bits per heavy atom. The minimum Gasteiger partial charge on any atom is -0.493 e. The molecule has 4 nitrogen and oxygen atoms in total. The molecule has 1 aromatic carbocycles. The fourth-order valence-corrected chi connectivity index (χ4v) is 3.47. The Morgan fingerprint density at radius 2 is 1.96 bits per heavy atom. The second-order valence-electron chi connectivity index (χ2n) is 7.33. The van der Waals surface area contributed by atoms with E-state index in [-0.39, 0.29) is 23.4 Å². The van der Waals surface area contributed by atoms with E-state index in [9.17, 15) is 18.0 Å². The summed E-state index contributed by atoms with van der Waals surface area (Å²) in [7, 11) is 1.37. The summed E-state index contributed by atoms with van der Waals surface area (Å²) in [4.78, 5) is 12.3. The summed E-state index contributed by atoms with van der Waals surface area (Å²) < 4.78 is 46.8. The first kappa shape index (κ1) is 21.4. The lowest BCUT2D eigenvalue weighted by molar-refractivity contribution is -0.153. The lowest BCUT2D eigenvalue weighted by atomic mass is 9.78. The van der Waals surface area contributed by atoms with Crippen molar-refractivity contribution in [2.45, 2.75) is 58.2 Å². The fraction of sp³-hybridized carbons (Fsp3) is 0.650. The normalized spacial score (nSPS) is 23.0. The third-order valence-electron chi connectivity index (χ3n) is 5.31. The molecule has 0 heterocycles. The summed E-state index contributed by atoms with van der Waals surface area (Å²) in [6.45, 7) is 3.03. The number of hydrogen-bond acceptors (Lipinski definition) is 3. The monoisotopic (exact) mass is 387 g/mol. The van der Waals surface area contributed by atoms with Gasteiger partial charge in [-0.1, -0.05) is 32.8 Å². The molecule has 0 aromatic heterocycles. The topological polar surface area (TPSA) is 47.6 Å². The van der Waals surface area contributed by atoms with Gasteiger partial charge in [0.05, 0.1) is 7.11 Å². The van der Waals surface area contributed by atoms with E-state index in [1.54, 1.807) is 12.1 Å². The molecule has 0 spiro atoms. The summed E-state index contributed by atoms with van der Waals surface area (Å²) in [5.41, 5.74) is 0.811. The van der Waals surface area contributed by atoms with Crippen LogP contribution in [-0.2, 0) is 11.2 Å². The van der Waals surface area contributed by atoms with Gasteiger partial charge in [0.15, 0.2) is 18.1 Å². The number of halogens is 3. The van der Waals surface area contributed by atoms with E-state index in [0.29, 0.717) is 24.7 Å². The van der Waals surface area contributed by atoms with Crippen LogP contribution >= 0.6 is 0 Å². The maximum absolute atomic E-state index is 12.3. The molecular formula is C20H28F3NO3. The Kier molecular flexibility index (Phi) is 7.39. The molecule has 0 saturated heterocycles. The molecule has 27 heavy (non-hydrogen) atoms. The quantitative estimate of drug-likeness (QED) is 0.749. The van der Waals surface area contributed by atoms with Crippen LogP contribution < -0.4 is 14.8 Å². The third-order valence-corrected chi connectivity index (χ3v) is 5.31. The molecule has 1 saturated carbocycles. The summed E-state index contributed by atoms with van der Waals surface area (Å²) in [5.74, 6) is 1.34. The number of benzene rings is 1. The van der Waals surface area contributed by atoms with E-state index in [0.717, 1.165) is 18.4 Å². The van der Waals surface area contributed by atoms with Crippen LogP contribution in [-0.4, -0.2) is 31.8 Å². The van der Waals surface area contributed by atoms with Crippen LogP contribution in [0.4, 0.5) is 13.2 Å². The number of hydrogen-bond donors (Lipinski definition) is 1. The van der Waals surface area contributed by atoms with Gasteiger partial charge in [0.1, 0.15) is 0 Å². The zero-order valence-electron chi connectivity index (χ0n) is 16.1. The van der Waals surface area contributed by atoms with Gasteiger partial charge in [0, 0.05) is 12.5 Å². The highest BCUT2D eigenvalue weighted by Gasteiger charge is 2.29. The van der Waals surface area contributed by atoms with E-state index in [1.807, 2.05) is 0 Å². The van der Waals surface area contributed by atoms with Crippen molar-refractivity contribution in [1.82, 2.24) is 5.32 Å². The summed E-state index contributed by atoms with van der Waals surface area (Å²) in [6, 6.07) is 4.94. The molecule has 1 fully saturated rings. The number of alkyl halides is 3. The van der Waals surface area contributed by atoms with Crippen molar-refractivity contribution in [2.24, 2.45) is 11.8 Å². The van der Waals surface area contributed by atoms with Crippen LogP contribution in [0.1, 0.15) is 45.1 Å². The first-order chi connectivity index (χ1) is 12.7. The SMILES string of the molecule is COc1cc(CCC(=O)NC2CCCC(C)C2C)ccc1OCC(F)(F)F. The molecule has 1 N–H and O–H groups in total. The molecule has 1 aromatic rings. The number of nitrogens with one attached hydrogen (secondary N) is 1. The molecule has 0 radical (unpaired) electrons. The first-order valence-corrected chi connectivity index (χ1v) is 9.35. The molecule has 0 aliphatic heterocycles. The highest BCUT2D eigenvalue weighted by atomic mass is 19.4. The lowest BCUT2D eigenvalue weighted by Crippen LogP contribution is -2.43. The fourth-order valence-electron chi connectivity index (χ4n) is 3.47. The Morgan fingerprint density at radius 3 is 2.63 bits per heavy atom. The lowest BCUT2D eigenvalue weighted by Gasteiger charge is -2.34. The van der Waals surface area contributed by atoms with Crippen molar-refractivity contribution < 1.29 is 27.4 Å². The minimum absolute atomic E-state index is 0.00249. The Balaban J connectivity index is 1.88. The van der Waals surface area contributed by atoms with Gasteiger partial charge in [-0.3, -0.25) is 4.79 Å². The Bertz CT molecular complexity index is 633. The number of amides is 1. The number of rotatable bonds is 7. The maximum Gasteiger partial charge on any atom is 0.422 e. The summed E-state index contributed by atoms with van der Waals surface area (Å²) >= 11 is 0. The zero-order valence-corrected chi connectivity index (χ0v) is 16.1. The van der Waals surface area contributed by atoms with Crippen molar-refractivity contribution in [3.05, 3.63) is 23.8 Å². The molecule has 1 amide bonds. The molecule has 7 heteroatoms. The highest BCUT2D eigenvalue weighted by molar-refractivity contribution is 5.76. The minimum atomic E-state index is -4.41. The predicted octanol–water partition coefficient (Wildman–Crippen LogP) is 4.51. The van der Waals surface area contributed by atoms with E-state index >= 15 is 0 Å². The molecule has 0 bridgehead atoms. The van der Waals surface area contributed by atoms with E-state index in [2.05, 4.69) is 19.2 Å². The number of carbonyl (C=O) groups excluding carboxylic acids is 1. The van der Waals surface area contributed by atoms with E-state index < -0.39 is 12.8 Å². The van der Waals surface area contributed by atoms with Gasteiger partial charge < -0.3 is 14.8 Å². The van der Waals surface area contributed by atoms with E-state index in [4.69, 9.17) is 9.47 Å². The van der Waals surface area contributed by atoms with Crippen LogP contribution in [0.15, 0.2) is 18.2 Å². The van der Waals surface area contributed by atoms with E-state index in [1.165, 1.54) is 19.6 Å². The van der Waals surface area contributed by atoms with Crippen LogP contribution in [0, 0.1) is 11.8 Å². The van der Waals surface area contributed by atoms with Gasteiger partial charge in [-0.15, -0.1) is 0 Å². The van der Waals surface area contributed by atoms with Gasteiger partial charge in [0.2, 0.25) is 5.91 Å². The molecule has 3 unspecified atom stereocenters. The van der Waals surface area contributed by atoms with Crippen LogP contribution in [0.5, 0.6) is 11.5 Å². The van der Waals surface area contributed by atoms with Crippen LogP contribution in [0.3, 0.4) is 0 Å². The van der Waals surface area contributed by atoms with Gasteiger partial charge in [-0.2, -0.15) is 13.2 Å². The molecular weight excluding hydrogens is 359 g/mol. The number of methoxy groups -OCH3 is 1. The van der Waals surface area contributed by atoms with Crippen LogP contribution in [0.25, 0.3) is 0 Å². The Labute approximate surface area is 158 Å². The standard InChI is InChI=1S/C20H28F3NO3/c1-13-5-4-6-16(14(13)2)24-19(25)10-8-15-7-9-17(18(11-15)26-3)27-12-20(21,22)23/h7,9,11,13-14,16H,4-6,8,10,12H2,1-3H3,(H,24,25). The average Bonchev–Trinajstić information content (AvgIpc) is 2.61. The number of carbonyl (C=O) groups is 1. The molecule has 3 atom stereocenters. The van der Waals surface area contributed by atoms with Crippen molar-refractivity contribution in [3.63, 3.8) is 0 Å². The highest BCUT2D eigenvalue weighted by Crippen LogP contribution is 2.31. The third kappa shape index (κ3) is 6.63. The van der Waals surface area contributed by atoms with Crippen molar-refractivity contribution >= 4 is 5.91 Å². The summed E-state index contributed by atoms with van der Waals surface area (Å²) in [6.07, 6.45) is -0.253. The van der Waals surface area contributed by atoms with Crippen molar-refractivity contribution in [3.8, 4) is 11.5 Å². The Hall–Kier alpha value is -1.92. The van der Waals surface area contributed by atoms with Crippen molar-refractivity contribution in [2.75, 3.05) is 13.7 Å². The van der Waals surface area contributed by atoms with Gasteiger partial charge in [-0.05, 0) is 42.4 Å². The molecule has 1 aliphatic carbocycles. The number of aryl methyl sites for hydroxylation is 1. The second kappa shape index (κ2) is 9.33. The number of ether oxygens (including phenoxy) is 2. The molecule has 2 rings (SSSR count). The average molecular weight is 387 g/mol. The predicted molar refractivity (Wildman–Crippen MR) is 97.0 cm³/mol. The van der Waals surface area contributed by atoms with Crippen LogP contribution in [0.2, 0.25) is 0 Å². The van der Waals surface area contributed by atoms with Gasteiger partial charge >= 0.3 is 6.18 Å².